The smallest absolute Gasteiger partial charge is 0.329 e. The summed E-state index contributed by atoms with van der Waals surface area (Å²) in [7, 11) is 3.11. The third kappa shape index (κ3) is 3.48. The molecule has 0 spiro atoms. The second kappa shape index (κ2) is 8.29. The van der Waals surface area contributed by atoms with E-state index >= 15 is 0 Å². The molecule has 31 heavy (non-hydrogen) atoms. The van der Waals surface area contributed by atoms with E-state index in [4.69, 9.17) is 14.2 Å². The van der Waals surface area contributed by atoms with Crippen LogP contribution in [0.4, 0.5) is 11.4 Å². The molecule has 0 radical (unpaired) electrons. The maximum absolute atomic E-state index is 13.6. The summed E-state index contributed by atoms with van der Waals surface area (Å²) in [6.07, 6.45) is 0.0819. The van der Waals surface area contributed by atoms with Crippen LogP contribution < -0.4 is 19.3 Å². The maximum Gasteiger partial charge on any atom is 0.329 e. The Labute approximate surface area is 180 Å². The van der Waals surface area contributed by atoms with Crippen molar-refractivity contribution in [1.29, 1.82) is 0 Å². The van der Waals surface area contributed by atoms with Crippen LogP contribution in [0.3, 0.4) is 0 Å². The monoisotopic (exact) mass is 424 g/mol. The zero-order valence-electron chi connectivity index (χ0n) is 17.6. The topological polar surface area (TPSA) is 85.4 Å². The SMILES string of the molecule is CCOC(=O)[C@@H]1[C@@H]2CC(=O)N(c3ccc(OC)cc3)[C@@H]2C(=O)N1c1ccc(OC)cc1. The Bertz CT molecular complexity index is 988. The van der Waals surface area contributed by atoms with Gasteiger partial charge in [0.2, 0.25) is 5.91 Å². The predicted octanol–water partition coefficient (Wildman–Crippen LogP) is 2.40. The molecule has 0 saturated carbocycles. The number of amides is 2. The summed E-state index contributed by atoms with van der Waals surface area (Å²) in [6.45, 7) is 1.90. The molecule has 3 atom stereocenters. The Morgan fingerprint density at radius 1 is 0.903 bits per heavy atom. The predicted molar refractivity (Wildman–Crippen MR) is 113 cm³/mol. The van der Waals surface area contributed by atoms with E-state index in [9.17, 15) is 14.4 Å². The number of carbonyl (C=O) groups excluding carboxylic acids is 3. The first-order valence-corrected chi connectivity index (χ1v) is 10.1. The Morgan fingerprint density at radius 3 is 1.90 bits per heavy atom. The van der Waals surface area contributed by atoms with Crippen molar-refractivity contribution in [2.45, 2.75) is 25.4 Å². The first-order valence-electron chi connectivity index (χ1n) is 10.1. The number of esters is 1. The van der Waals surface area contributed by atoms with Crippen molar-refractivity contribution < 1.29 is 28.6 Å². The van der Waals surface area contributed by atoms with Gasteiger partial charge in [-0.1, -0.05) is 0 Å². The van der Waals surface area contributed by atoms with Crippen LogP contribution in [-0.4, -0.2) is 50.7 Å². The number of hydrogen-bond acceptors (Lipinski definition) is 6. The Morgan fingerprint density at radius 2 is 1.42 bits per heavy atom. The van der Waals surface area contributed by atoms with Gasteiger partial charge in [-0.15, -0.1) is 0 Å². The van der Waals surface area contributed by atoms with Gasteiger partial charge in [0.25, 0.3) is 5.91 Å². The molecule has 2 aliphatic heterocycles. The third-order valence-corrected chi connectivity index (χ3v) is 5.77. The number of anilines is 2. The van der Waals surface area contributed by atoms with Crippen LogP contribution in [0.5, 0.6) is 11.5 Å². The largest absolute Gasteiger partial charge is 0.497 e. The van der Waals surface area contributed by atoms with Gasteiger partial charge >= 0.3 is 5.97 Å². The van der Waals surface area contributed by atoms with Gasteiger partial charge in [-0.05, 0) is 55.5 Å². The molecule has 162 valence electrons. The molecule has 0 unspecified atom stereocenters. The van der Waals surface area contributed by atoms with Gasteiger partial charge in [0.15, 0.2) is 0 Å². The van der Waals surface area contributed by atoms with Crippen molar-refractivity contribution in [1.82, 2.24) is 0 Å². The lowest BCUT2D eigenvalue weighted by Crippen LogP contribution is -2.45. The van der Waals surface area contributed by atoms with E-state index in [-0.39, 0.29) is 24.8 Å². The molecule has 0 bridgehead atoms. The highest BCUT2D eigenvalue weighted by Gasteiger charge is 2.60. The second-order valence-corrected chi connectivity index (χ2v) is 7.38. The van der Waals surface area contributed by atoms with E-state index in [1.165, 1.54) is 9.80 Å². The molecule has 2 heterocycles. The van der Waals surface area contributed by atoms with Crippen LogP contribution in [0.15, 0.2) is 48.5 Å². The zero-order valence-corrected chi connectivity index (χ0v) is 17.6. The van der Waals surface area contributed by atoms with E-state index in [1.807, 2.05) is 0 Å². The fraction of sp³-hybridized carbons (Fsp3) is 0.348. The first-order chi connectivity index (χ1) is 15.0. The molecule has 8 nitrogen and oxygen atoms in total. The third-order valence-electron chi connectivity index (χ3n) is 5.77. The molecular formula is C23H24N2O6. The van der Waals surface area contributed by atoms with E-state index in [0.717, 1.165) is 0 Å². The van der Waals surface area contributed by atoms with Crippen LogP contribution in [0, 0.1) is 5.92 Å². The van der Waals surface area contributed by atoms with Crippen LogP contribution in [0.2, 0.25) is 0 Å². The number of benzene rings is 2. The summed E-state index contributed by atoms with van der Waals surface area (Å²) < 4.78 is 15.7. The minimum Gasteiger partial charge on any atom is -0.497 e. The number of ether oxygens (including phenoxy) is 3. The van der Waals surface area contributed by atoms with Gasteiger partial charge in [-0.25, -0.2) is 4.79 Å². The zero-order chi connectivity index (χ0) is 22.1. The van der Waals surface area contributed by atoms with Gasteiger partial charge in [-0.3, -0.25) is 19.4 Å². The van der Waals surface area contributed by atoms with Crippen LogP contribution >= 0.6 is 0 Å². The number of hydrogen-bond donors (Lipinski definition) is 0. The maximum atomic E-state index is 13.6. The summed E-state index contributed by atoms with van der Waals surface area (Å²) in [5.41, 5.74) is 1.14. The average molecular weight is 424 g/mol. The highest BCUT2D eigenvalue weighted by molar-refractivity contribution is 6.15. The molecule has 2 aromatic rings. The number of methoxy groups -OCH3 is 2. The van der Waals surface area contributed by atoms with E-state index in [0.29, 0.717) is 22.9 Å². The summed E-state index contributed by atoms with van der Waals surface area (Å²) in [4.78, 5) is 42.3. The lowest BCUT2D eigenvalue weighted by atomic mass is 9.96. The average Bonchev–Trinajstić information content (AvgIpc) is 3.27. The molecular weight excluding hydrogens is 400 g/mol. The Hall–Kier alpha value is -3.55. The molecule has 8 heteroatoms. The molecule has 4 rings (SSSR count). The quantitative estimate of drug-likeness (QED) is 0.662. The van der Waals surface area contributed by atoms with Gasteiger partial charge in [0.1, 0.15) is 23.6 Å². The van der Waals surface area contributed by atoms with E-state index in [1.54, 1.807) is 69.7 Å². The lowest BCUT2D eigenvalue weighted by molar-refractivity contribution is -0.145. The van der Waals surface area contributed by atoms with Crippen molar-refractivity contribution in [2.24, 2.45) is 5.92 Å². The molecule has 2 saturated heterocycles. The molecule has 2 aromatic carbocycles. The van der Waals surface area contributed by atoms with Gasteiger partial charge in [0, 0.05) is 23.7 Å². The number of carbonyl (C=O) groups is 3. The van der Waals surface area contributed by atoms with Gasteiger partial charge in [-0.2, -0.15) is 0 Å². The van der Waals surface area contributed by atoms with Gasteiger partial charge < -0.3 is 14.2 Å². The first kappa shape index (κ1) is 20.7. The summed E-state index contributed by atoms with van der Waals surface area (Å²) in [6, 6.07) is 12.2. The van der Waals surface area contributed by atoms with Crippen LogP contribution in [-0.2, 0) is 19.1 Å². The second-order valence-electron chi connectivity index (χ2n) is 7.38. The normalized spacial score (nSPS) is 22.5. The fourth-order valence-corrected chi connectivity index (χ4v) is 4.39. The molecule has 0 aromatic heterocycles. The number of rotatable bonds is 6. The van der Waals surface area contributed by atoms with E-state index in [2.05, 4.69) is 0 Å². The van der Waals surface area contributed by atoms with Crippen molar-refractivity contribution >= 4 is 29.2 Å². The minimum absolute atomic E-state index is 0.0819. The summed E-state index contributed by atoms with van der Waals surface area (Å²) >= 11 is 0. The van der Waals surface area contributed by atoms with Crippen molar-refractivity contribution in [3.8, 4) is 11.5 Å². The number of nitrogens with zero attached hydrogens (tertiary/aromatic N) is 2. The molecule has 2 amide bonds. The lowest BCUT2D eigenvalue weighted by Gasteiger charge is -2.27. The van der Waals surface area contributed by atoms with Crippen LogP contribution in [0.25, 0.3) is 0 Å². The highest BCUT2D eigenvalue weighted by atomic mass is 16.5. The standard InChI is InChI=1S/C23H24N2O6/c1-4-31-23(28)21-18-13-19(26)24(14-5-9-16(29-2)10-6-14)20(18)22(27)25(21)15-7-11-17(30-3)12-8-15/h5-12,18,20-21H,4,13H2,1-3H3/t18-,20+,21+/m1/s1. The van der Waals surface area contributed by atoms with Gasteiger partial charge in [0.05, 0.1) is 20.8 Å². The Balaban J connectivity index is 1.74. The van der Waals surface area contributed by atoms with Crippen molar-refractivity contribution in [3.63, 3.8) is 0 Å². The van der Waals surface area contributed by atoms with E-state index < -0.39 is 24.0 Å². The van der Waals surface area contributed by atoms with Crippen LogP contribution in [0.1, 0.15) is 13.3 Å². The molecule has 2 aliphatic rings. The minimum atomic E-state index is -0.877. The summed E-state index contributed by atoms with van der Waals surface area (Å²) in [5, 5.41) is 0. The molecule has 0 N–H and O–H groups in total. The van der Waals surface area contributed by atoms with Crippen molar-refractivity contribution in [3.05, 3.63) is 48.5 Å². The fourth-order valence-electron chi connectivity index (χ4n) is 4.39. The number of fused-ring (bicyclic) bond motifs is 1. The van der Waals surface area contributed by atoms with Crippen molar-refractivity contribution in [2.75, 3.05) is 30.6 Å². The molecule has 0 aliphatic carbocycles. The highest BCUT2D eigenvalue weighted by Crippen LogP contribution is 2.43. The molecule has 2 fully saturated rings. The Kier molecular flexibility index (Phi) is 5.54. The summed E-state index contributed by atoms with van der Waals surface area (Å²) in [5.74, 6) is -0.244.